The summed E-state index contributed by atoms with van der Waals surface area (Å²) in [6.07, 6.45) is 2.63. The van der Waals surface area contributed by atoms with Crippen LogP contribution in [0.2, 0.25) is 0 Å². The summed E-state index contributed by atoms with van der Waals surface area (Å²) in [5.41, 5.74) is 1.19. The average Bonchev–Trinajstić information content (AvgIpc) is 2.46. The van der Waals surface area contributed by atoms with Gasteiger partial charge in [-0.25, -0.2) is 0 Å². The van der Waals surface area contributed by atoms with Crippen LogP contribution < -0.4 is 4.74 Å². The van der Waals surface area contributed by atoms with Crippen molar-refractivity contribution < 1.29 is 14.6 Å². The molecule has 2 rings (SSSR count). The molecule has 106 valence electrons. The summed E-state index contributed by atoms with van der Waals surface area (Å²) >= 11 is 0. The zero-order valence-corrected chi connectivity index (χ0v) is 11.8. The fourth-order valence-electron chi connectivity index (χ4n) is 2.32. The van der Waals surface area contributed by atoms with Gasteiger partial charge in [0.25, 0.3) is 0 Å². The lowest BCUT2D eigenvalue weighted by atomic mass is 9.99. The second-order valence-corrected chi connectivity index (χ2v) is 4.86. The van der Waals surface area contributed by atoms with E-state index in [4.69, 9.17) is 9.84 Å². The predicted molar refractivity (Wildman–Crippen MR) is 80.3 cm³/mol. The van der Waals surface area contributed by atoms with Crippen LogP contribution in [0.5, 0.6) is 5.75 Å². The van der Waals surface area contributed by atoms with Crippen molar-refractivity contribution in [3.8, 4) is 5.75 Å². The minimum Gasteiger partial charge on any atom is -0.493 e. The number of hydrogen-bond acceptors (Lipinski definition) is 2. The van der Waals surface area contributed by atoms with Crippen LogP contribution in [0.3, 0.4) is 0 Å². The molecule has 0 fully saturated rings. The Morgan fingerprint density at radius 3 is 2.60 bits per heavy atom. The van der Waals surface area contributed by atoms with Crippen LogP contribution in [0.4, 0.5) is 0 Å². The van der Waals surface area contributed by atoms with Crippen molar-refractivity contribution >= 4 is 16.7 Å². The lowest BCUT2D eigenvalue weighted by molar-refractivity contribution is -0.137. The standard InChI is InChI=1S/C17H20O3/c1-2-12-20-16-11-10-13(6-5-9-17(18)19)14-7-3-4-8-15(14)16/h3-4,7-8,10-11H,2,5-6,9,12H2,1H3,(H,18,19). The molecule has 20 heavy (non-hydrogen) atoms. The van der Waals surface area contributed by atoms with Crippen LogP contribution in [0.1, 0.15) is 31.7 Å². The Balaban J connectivity index is 2.26. The Hall–Kier alpha value is -2.03. The first-order chi connectivity index (χ1) is 9.72. The van der Waals surface area contributed by atoms with Crippen LogP contribution in [0.15, 0.2) is 36.4 Å². The van der Waals surface area contributed by atoms with Crippen molar-refractivity contribution in [3.05, 3.63) is 42.0 Å². The van der Waals surface area contributed by atoms with Gasteiger partial charge in [0.1, 0.15) is 5.75 Å². The highest BCUT2D eigenvalue weighted by Crippen LogP contribution is 2.29. The van der Waals surface area contributed by atoms with Crippen LogP contribution in [0.25, 0.3) is 10.8 Å². The van der Waals surface area contributed by atoms with Gasteiger partial charge in [-0.3, -0.25) is 4.79 Å². The van der Waals surface area contributed by atoms with Crippen LogP contribution >= 0.6 is 0 Å². The van der Waals surface area contributed by atoms with E-state index < -0.39 is 5.97 Å². The largest absolute Gasteiger partial charge is 0.493 e. The van der Waals surface area contributed by atoms with Crippen molar-refractivity contribution in [2.24, 2.45) is 0 Å². The highest BCUT2D eigenvalue weighted by molar-refractivity contribution is 5.91. The van der Waals surface area contributed by atoms with Gasteiger partial charge in [0.15, 0.2) is 0 Å². The van der Waals surface area contributed by atoms with Gasteiger partial charge in [-0.2, -0.15) is 0 Å². The van der Waals surface area contributed by atoms with E-state index in [9.17, 15) is 4.79 Å². The second-order valence-electron chi connectivity index (χ2n) is 4.86. The summed E-state index contributed by atoms with van der Waals surface area (Å²) < 4.78 is 5.77. The summed E-state index contributed by atoms with van der Waals surface area (Å²) in [6.45, 7) is 2.80. The Labute approximate surface area is 119 Å². The SMILES string of the molecule is CCCOc1ccc(CCCC(=O)O)c2ccccc12. The number of hydrogen-bond donors (Lipinski definition) is 1. The molecule has 0 amide bonds. The molecule has 0 aliphatic heterocycles. The smallest absolute Gasteiger partial charge is 0.303 e. The van der Waals surface area contributed by atoms with Crippen LogP contribution in [0, 0.1) is 0 Å². The molecule has 0 aromatic heterocycles. The third-order valence-electron chi connectivity index (χ3n) is 3.27. The van der Waals surface area contributed by atoms with E-state index in [1.807, 2.05) is 18.2 Å². The molecule has 3 heteroatoms. The quantitative estimate of drug-likeness (QED) is 0.827. The van der Waals surface area contributed by atoms with Gasteiger partial charge in [0.05, 0.1) is 6.61 Å². The summed E-state index contributed by atoms with van der Waals surface area (Å²) in [5, 5.41) is 11.0. The number of aryl methyl sites for hydroxylation is 1. The Kier molecular flexibility index (Phi) is 4.99. The number of benzene rings is 2. The highest BCUT2D eigenvalue weighted by atomic mass is 16.5. The molecule has 0 saturated heterocycles. The number of carboxylic acids is 1. The Morgan fingerprint density at radius 1 is 1.15 bits per heavy atom. The van der Waals surface area contributed by atoms with E-state index in [1.54, 1.807) is 0 Å². The van der Waals surface area contributed by atoms with Crippen LogP contribution in [-0.2, 0) is 11.2 Å². The van der Waals surface area contributed by atoms with E-state index in [-0.39, 0.29) is 6.42 Å². The topological polar surface area (TPSA) is 46.5 Å². The summed E-state index contributed by atoms with van der Waals surface area (Å²) in [6, 6.07) is 12.2. The molecule has 3 nitrogen and oxygen atoms in total. The van der Waals surface area contributed by atoms with Gasteiger partial charge in [-0.1, -0.05) is 37.3 Å². The number of fused-ring (bicyclic) bond motifs is 1. The zero-order chi connectivity index (χ0) is 14.4. The van der Waals surface area contributed by atoms with Gasteiger partial charge in [-0.05, 0) is 36.3 Å². The molecular weight excluding hydrogens is 252 g/mol. The highest BCUT2D eigenvalue weighted by Gasteiger charge is 2.07. The monoisotopic (exact) mass is 272 g/mol. The second kappa shape index (κ2) is 6.94. The lowest BCUT2D eigenvalue weighted by Gasteiger charge is -2.12. The van der Waals surface area contributed by atoms with E-state index in [1.165, 1.54) is 5.56 Å². The van der Waals surface area contributed by atoms with E-state index in [0.717, 1.165) is 29.4 Å². The van der Waals surface area contributed by atoms with Gasteiger partial charge >= 0.3 is 5.97 Å². The summed E-state index contributed by atoms with van der Waals surface area (Å²) in [7, 11) is 0. The van der Waals surface area contributed by atoms with Gasteiger partial charge in [0, 0.05) is 11.8 Å². The first-order valence-corrected chi connectivity index (χ1v) is 7.07. The van der Waals surface area contributed by atoms with Gasteiger partial charge < -0.3 is 9.84 Å². The van der Waals surface area contributed by atoms with Gasteiger partial charge in [-0.15, -0.1) is 0 Å². The molecule has 0 atom stereocenters. The summed E-state index contributed by atoms with van der Waals surface area (Å²) in [4.78, 5) is 10.6. The normalized spacial score (nSPS) is 10.7. The molecule has 0 aliphatic rings. The molecule has 0 radical (unpaired) electrons. The minimum absolute atomic E-state index is 0.211. The van der Waals surface area contributed by atoms with E-state index >= 15 is 0 Å². The van der Waals surface area contributed by atoms with Crippen molar-refractivity contribution in [1.82, 2.24) is 0 Å². The lowest BCUT2D eigenvalue weighted by Crippen LogP contribution is -1.98. The molecule has 0 heterocycles. The molecular formula is C17H20O3. The number of aliphatic carboxylic acids is 1. The molecule has 0 saturated carbocycles. The van der Waals surface area contributed by atoms with Crippen molar-refractivity contribution in [2.75, 3.05) is 6.61 Å². The minimum atomic E-state index is -0.739. The van der Waals surface area contributed by atoms with Crippen molar-refractivity contribution in [1.29, 1.82) is 0 Å². The molecule has 0 bridgehead atoms. The molecule has 0 spiro atoms. The average molecular weight is 272 g/mol. The number of carboxylic acid groups (broad SMARTS) is 1. The first-order valence-electron chi connectivity index (χ1n) is 7.07. The molecule has 2 aromatic carbocycles. The molecule has 1 N–H and O–H groups in total. The Bertz CT molecular complexity index is 590. The maximum Gasteiger partial charge on any atom is 0.303 e. The number of carbonyl (C=O) groups is 1. The number of rotatable bonds is 7. The van der Waals surface area contributed by atoms with Crippen molar-refractivity contribution in [2.45, 2.75) is 32.6 Å². The summed E-state index contributed by atoms with van der Waals surface area (Å²) in [5.74, 6) is 0.168. The predicted octanol–water partition coefficient (Wildman–Crippen LogP) is 4.04. The molecule has 0 aliphatic carbocycles. The van der Waals surface area contributed by atoms with Crippen LogP contribution in [-0.4, -0.2) is 17.7 Å². The fourth-order valence-corrected chi connectivity index (χ4v) is 2.32. The van der Waals surface area contributed by atoms with E-state index in [0.29, 0.717) is 13.0 Å². The number of ether oxygens (including phenoxy) is 1. The van der Waals surface area contributed by atoms with Crippen molar-refractivity contribution in [3.63, 3.8) is 0 Å². The fraction of sp³-hybridized carbons (Fsp3) is 0.353. The maximum atomic E-state index is 10.6. The van der Waals surface area contributed by atoms with E-state index in [2.05, 4.69) is 25.1 Å². The maximum absolute atomic E-state index is 10.6. The Morgan fingerprint density at radius 2 is 1.90 bits per heavy atom. The third-order valence-corrected chi connectivity index (χ3v) is 3.27. The zero-order valence-electron chi connectivity index (χ0n) is 11.8. The van der Waals surface area contributed by atoms with Gasteiger partial charge in [0.2, 0.25) is 0 Å². The third kappa shape index (κ3) is 3.50. The molecule has 0 unspecified atom stereocenters. The first kappa shape index (κ1) is 14.4. The molecule has 2 aromatic rings.